The smallest absolute Gasteiger partial charge is 0.338 e. The van der Waals surface area contributed by atoms with E-state index in [0.29, 0.717) is 11.3 Å². The van der Waals surface area contributed by atoms with E-state index in [1.165, 1.54) is 0 Å². The van der Waals surface area contributed by atoms with Crippen molar-refractivity contribution in [2.24, 2.45) is 0 Å². The second-order valence-electron chi connectivity index (χ2n) is 5.32. The lowest BCUT2D eigenvalue weighted by Gasteiger charge is -2.14. The number of rotatable bonds is 4. The first kappa shape index (κ1) is 16.4. The van der Waals surface area contributed by atoms with Gasteiger partial charge in [0.2, 0.25) is 0 Å². The lowest BCUT2D eigenvalue weighted by Crippen LogP contribution is -2.35. The molecule has 0 unspecified atom stereocenters. The van der Waals surface area contributed by atoms with E-state index >= 15 is 0 Å². The molecule has 0 radical (unpaired) electrons. The van der Waals surface area contributed by atoms with Crippen molar-refractivity contribution in [1.29, 1.82) is 0 Å². The molecule has 0 spiro atoms. The number of nitrogens with one attached hydrogen (secondary N) is 1. The number of hydrogen-bond donors (Lipinski definition) is 1. The minimum absolute atomic E-state index is 0.0562. The average molecular weight is 336 g/mol. The Morgan fingerprint density at radius 2 is 1.76 bits per heavy atom. The Labute approximate surface area is 144 Å². The van der Waals surface area contributed by atoms with Crippen LogP contribution in [0.15, 0.2) is 60.2 Å². The van der Waals surface area contributed by atoms with Crippen LogP contribution < -0.4 is 10.4 Å². The minimum atomic E-state index is -0.469. The molecule has 1 heterocycles. The van der Waals surface area contributed by atoms with Crippen molar-refractivity contribution >= 4 is 29.5 Å². The molecule has 2 amide bonds. The predicted octanol–water partition coefficient (Wildman–Crippen LogP) is 2.32. The Balaban J connectivity index is 1.82. The van der Waals surface area contributed by atoms with E-state index in [1.807, 2.05) is 30.3 Å². The Morgan fingerprint density at radius 3 is 2.40 bits per heavy atom. The number of anilines is 1. The summed E-state index contributed by atoms with van der Waals surface area (Å²) in [6.07, 6.45) is 1.55. The van der Waals surface area contributed by atoms with Gasteiger partial charge < -0.3 is 4.74 Å². The van der Waals surface area contributed by atoms with Gasteiger partial charge in [-0.3, -0.25) is 15.0 Å². The van der Waals surface area contributed by atoms with E-state index in [-0.39, 0.29) is 12.2 Å². The van der Waals surface area contributed by atoms with Gasteiger partial charge in [-0.15, -0.1) is 0 Å². The number of carbonyl (C=O) groups excluding carboxylic acids is 3. The van der Waals surface area contributed by atoms with Crippen molar-refractivity contribution in [3.8, 4) is 0 Å². The summed E-state index contributed by atoms with van der Waals surface area (Å²) < 4.78 is 4.92. The summed E-state index contributed by atoms with van der Waals surface area (Å²) in [6.45, 7) is 2.01. The largest absolute Gasteiger partial charge is 0.462 e. The van der Waals surface area contributed by atoms with Gasteiger partial charge >= 0.3 is 5.97 Å². The number of amides is 2. The SMILES string of the molecule is CCOC(=O)c1ccc(N2NC(=O)/C(=C\c3ccccc3)C2=O)cc1. The van der Waals surface area contributed by atoms with Gasteiger partial charge in [0.1, 0.15) is 5.57 Å². The van der Waals surface area contributed by atoms with Gasteiger partial charge in [0, 0.05) is 0 Å². The number of hydrogen-bond acceptors (Lipinski definition) is 4. The zero-order valence-corrected chi connectivity index (χ0v) is 13.6. The molecular formula is C19H16N2O4. The summed E-state index contributed by atoms with van der Waals surface area (Å²) in [5.41, 5.74) is 4.18. The fraction of sp³-hybridized carbons (Fsp3) is 0.105. The summed E-state index contributed by atoms with van der Waals surface area (Å²) in [5, 5.41) is 1.16. The number of esters is 1. The van der Waals surface area contributed by atoms with Crippen molar-refractivity contribution in [2.75, 3.05) is 11.6 Å². The van der Waals surface area contributed by atoms with Crippen LogP contribution >= 0.6 is 0 Å². The topological polar surface area (TPSA) is 75.7 Å². The van der Waals surface area contributed by atoms with Gasteiger partial charge in [-0.25, -0.2) is 9.80 Å². The van der Waals surface area contributed by atoms with Crippen LogP contribution in [0.4, 0.5) is 5.69 Å². The first-order chi connectivity index (χ1) is 12.1. The minimum Gasteiger partial charge on any atom is -0.462 e. The highest BCUT2D eigenvalue weighted by Gasteiger charge is 2.34. The fourth-order valence-electron chi connectivity index (χ4n) is 2.42. The molecule has 0 aromatic heterocycles. The highest BCUT2D eigenvalue weighted by atomic mass is 16.5. The number of hydrazine groups is 1. The molecular weight excluding hydrogens is 320 g/mol. The Kier molecular flexibility index (Phi) is 4.61. The van der Waals surface area contributed by atoms with E-state index in [0.717, 1.165) is 10.6 Å². The number of nitrogens with zero attached hydrogens (tertiary/aromatic N) is 1. The summed E-state index contributed by atoms with van der Waals surface area (Å²) in [5.74, 6) is -1.35. The van der Waals surface area contributed by atoms with Crippen LogP contribution in [0.1, 0.15) is 22.8 Å². The quantitative estimate of drug-likeness (QED) is 0.528. The van der Waals surface area contributed by atoms with E-state index in [4.69, 9.17) is 4.74 Å². The molecule has 1 aliphatic heterocycles. The van der Waals surface area contributed by atoms with Gasteiger partial charge in [-0.05, 0) is 42.8 Å². The first-order valence-electron chi connectivity index (χ1n) is 7.79. The van der Waals surface area contributed by atoms with Gasteiger partial charge in [-0.1, -0.05) is 30.3 Å². The zero-order chi connectivity index (χ0) is 17.8. The van der Waals surface area contributed by atoms with Crippen LogP contribution in [0.5, 0.6) is 0 Å². The molecule has 6 nitrogen and oxygen atoms in total. The second kappa shape index (κ2) is 7.00. The van der Waals surface area contributed by atoms with E-state index in [9.17, 15) is 14.4 Å². The molecule has 1 saturated heterocycles. The zero-order valence-electron chi connectivity index (χ0n) is 13.6. The van der Waals surface area contributed by atoms with Gasteiger partial charge in [-0.2, -0.15) is 0 Å². The summed E-state index contributed by atoms with van der Waals surface area (Å²) in [7, 11) is 0. The fourth-order valence-corrected chi connectivity index (χ4v) is 2.42. The molecule has 0 atom stereocenters. The molecule has 2 aromatic carbocycles. The van der Waals surface area contributed by atoms with Crippen LogP contribution in [-0.2, 0) is 14.3 Å². The molecule has 2 aromatic rings. The molecule has 1 fully saturated rings. The van der Waals surface area contributed by atoms with Crippen molar-refractivity contribution in [3.05, 3.63) is 71.3 Å². The van der Waals surface area contributed by atoms with Crippen LogP contribution in [0, 0.1) is 0 Å². The average Bonchev–Trinajstić information content (AvgIpc) is 2.91. The summed E-state index contributed by atoms with van der Waals surface area (Å²) in [6, 6.07) is 15.4. The number of benzene rings is 2. The maximum Gasteiger partial charge on any atom is 0.338 e. The molecule has 126 valence electrons. The third kappa shape index (κ3) is 3.42. The number of carbonyl (C=O) groups is 3. The monoisotopic (exact) mass is 336 g/mol. The first-order valence-corrected chi connectivity index (χ1v) is 7.79. The number of ether oxygens (including phenoxy) is 1. The van der Waals surface area contributed by atoms with Crippen LogP contribution in [0.25, 0.3) is 6.08 Å². The lowest BCUT2D eigenvalue weighted by molar-refractivity contribution is -0.117. The summed E-state index contributed by atoms with van der Waals surface area (Å²) in [4.78, 5) is 36.3. The molecule has 6 heteroatoms. The van der Waals surface area contributed by atoms with Crippen LogP contribution in [0.3, 0.4) is 0 Å². The molecule has 1 N–H and O–H groups in total. The second-order valence-corrected chi connectivity index (χ2v) is 5.32. The lowest BCUT2D eigenvalue weighted by atomic mass is 10.1. The van der Waals surface area contributed by atoms with Crippen LogP contribution in [-0.4, -0.2) is 24.4 Å². The Hall–Kier alpha value is -3.41. The third-order valence-electron chi connectivity index (χ3n) is 3.64. The van der Waals surface area contributed by atoms with E-state index < -0.39 is 17.8 Å². The van der Waals surface area contributed by atoms with Crippen molar-refractivity contribution in [3.63, 3.8) is 0 Å². The maximum atomic E-state index is 12.5. The Bertz CT molecular complexity index is 841. The van der Waals surface area contributed by atoms with Crippen molar-refractivity contribution < 1.29 is 19.1 Å². The molecule has 0 saturated carbocycles. The van der Waals surface area contributed by atoms with E-state index in [1.54, 1.807) is 37.3 Å². The molecule has 0 aliphatic carbocycles. The highest BCUT2D eigenvalue weighted by Crippen LogP contribution is 2.22. The molecule has 3 rings (SSSR count). The van der Waals surface area contributed by atoms with E-state index in [2.05, 4.69) is 5.43 Å². The van der Waals surface area contributed by atoms with Gasteiger partial charge in [0.15, 0.2) is 0 Å². The third-order valence-corrected chi connectivity index (χ3v) is 3.64. The van der Waals surface area contributed by atoms with Crippen molar-refractivity contribution in [2.45, 2.75) is 6.92 Å². The molecule has 1 aliphatic rings. The maximum absolute atomic E-state index is 12.5. The van der Waals surface area contributed by atoms with Crippen molar-refractivity contribution in [1.82, 2.24) is 5.43 Å². The molecule has 0 bridgehead atoms. The highest BCUT2D eigenvalue weighted by molar-refractivity contribution is 6.31. The van der Waals surface area contributed by atoms with Crippen LogP contribution in [0.2, 0.25) is 0 Å². The summed E-state index contributed by atoms with van der Waals surface area (Å²) >= 11 is 0. The predicted molar refractivity (Wildman–Crippen MR) is 92.4 cm³/mol. The molecule has 25 heavy (non-hydrogen) atoms. The Morgan fingerprint density at radius 1 is 1.08 bits per heavy atom. The normalized spacial score (nSPS) is 15.4. The standard InChI is InChI=1S/C19H16N2O4/c1-2-25-19(24)14-8-10-15(11-9-14)21-18(23)16(17(22)20-21)12-13-6-4-3-5-7-13/h3-12H,2H2,1H3,(H,20,22)/b16-12+. The van der Waals surface area contributed by atoms with Gasteiger partial charge in [0.25, 0.3) is 11.8 Å². The van der Waals surface area contributed by atoms with Gasteiger partial charge in [0.05, 0.1) is 17.9 Å².